The molecule has 11 heteroatoms. The summed E-state index contributed by atoms with van der Waals surface area (Å²) in [4.78, 5) is 27.0. The number of benzene rings is 3. The van der Waals surface area contributed by atoms with Crippen molar-refractivity contribution >= 4 is 35.1 Å². The molecule has 3 atom stereocenters. The van der Waals surface area contributed by atoms with Crippen molar-refractivity contribution in [1.82, 2.24) is 14.9 Å². The fourth-order valence-corrected chi connectivity index (χ4v) is 5.76. The summed E-state index contributed by atoms with van der Waals surface area (Å²) in [7, 11) is 0. The van der Waals surface area contributed by atoms with Crippen LogP contribution in [0.1, 0.15) is 73.2 Å². The third-order valence-corrected chi connectivity index (χ3v) is 8.74. The summed E-state index contributed by atoms with van der Waals surface area (Å²) in [6, 6.07) is 23.8. The smallest absolute Gasteiger partial charge is 0.303 e. The van der Waals surface area contributed by atoms with Gasteiger partial charge in [0.15, 0.2) is 11.4 Å². The molecule has 9 nitrogen and oxygen atoms in total. The minimum Gasteiger partial charge on any atom is -0.481 e. The molecule has 1 aliphatic rings. The molecule has 3 aromatic carbocycles. The van der Waals surface area contributed by atoms with Crippen LogP contribution >= 0.6 is 23.2 Å². The number of ether oxygens (including phenoxy) is 2. The lowest BCUT2D eigenvalue weighted by Gasteiger charge is -2.36. The number of carboxylic acids is 1. The Morgan fingerprint density at radius 3 is 2.33 bits per heavy atom. The Bertz CT molecular complexity index is 1610. The summed E-state index contributed by atoms with van der Waals surface area (Å²) in [6.45, 7) is 0.842. The molecule has 0 unspecified atom stereocenters. The first-order chi connectivity index (χ1) is 22.3. The molecular formula is C35H37Cl2N3O6. The van der Waals surface area contributed by atoms with Crippen LogP contribution in [-0.2, 0) is 38.8 Å². The topological polar surface area (TPSA) is 123 Å². The van der Waals surface area contributed by atoms with E-state index < -0.39 is 12.3 Å². The SMILES string of the molecule is O=C(O)CCCCCC(=O)NCc1cccc(-c2ccc([C@@H]3O[C@H](Cn4cnc(Cl)c4Cl)C[C@H](c4ccc(CO)cc4)O3)cc2)c1. The normalized spacial score (nSPS) is 17.9. The number of hydrogen-bond acceptors (Lipinski definition) is 6. The van der Waals surface area contributed by atoms with Crippen molar-refractivity contribution in [2.45, 2.75) is 76.7 Å². The number of aliphatic hydroxyl groups excluding tert-OH is 1. The highest BCUT2D eigenvalue weighted by atomic mass is 35.5. The predicted octanol–water partition coefficient (Wildman–Crippen LogP) is 7.25. The van der Waals surface area contributed by atoms with Gasteiger partial charge in [0.1, 0.15) is 5.15 Å². The zero-order chi connectivity index (χ0) is 32.5. The van der Waals surface area contributed by atoms with Gasteiger partial charge in [-0.15, -0.1) is 0 Å². The third-order valence-electron chi connectivity index (χ3n) is 7.98. The highest BCUT2D eigenvalue weighted by Crippen LogP contribution is 2.39. The molecule has 1 amide bonds. The summed E-state index contributed by atoms with van der Waals surface area (Å²) in [5.41, 5.74) is 5.70. The van der Waals surface area contributed by atoms with Crippen molar-refractivity contribution in [2.24, 2.45) is 0 Å². The second-order valence-corrected chi connectivity index (χ2v) is 12.1. The van der Waals surface area contributed by atoms with Crippen molar-refractivity contribution in [1.29, 1.82) is 0 Å². The molecule has 0 radical (unpaired) electrons. The van der Waals surface area contributed by atoms with Crippen LogP contribution in [0, 0.1) is 0 Å². The first-order valence-corrected chi connectivity index (χ1v) is 16.1. The average Bonchev–Trinajstić information content (AvgIpc) is 3.39. The number of aromatic nitrogens is 2. The average molecular weight is 667 g/mol. The zero-order valence-electron chi connectivity index (χ0n) is 25.3. The van der Waals surface area contributed by atoms with E-state index in [2.05, 4.69) is 16.4 Å². The molecule has 5 rings (SSSR count). The zero-order valence-corrected chi connectivity index (χ0v) is 26.8. The number of carbonyl (C=O) groups excluding carboxylic acids is 1. The van der Waals surface area contributed by atoms with Crippen molar-refractivity contribution in [3.8, 4) is 11.1 Å². The summed E-state index contributed by atoms with van der Waals surface area (Å²) in [5.74, 6) is -0.853. The molecule has 0 aliphatic carbocycles. The van der Waals surface area contributed by atoms with E-state index >= 15 is 0 Å². The van der Waals surface area contributed by atoms with Gasteiger partial charge < -0.3 is 29.6 Å². The number of aliphatic carboxylic acids is 1. The van der Waals surface area contributed by atoms with E-state index in [1.807, 2.05) is 66.7 Å². The molecule has 1 aliphatic heterocycles. The quantitative estimate of drug-likeness (QED) is 0.121. The van der Waals surface area contributed by atoms with E-state index in [1.165, 1.54) is 0 Å². The van der Waals surface area contributed by atoms with Crippen LogP contribution in [0.5, 0.6) is 0 Å². The highest BCUT2D eigenvalue weighted by molar-refractivity contribution is 6.40. The maximum atomic E-state index is 12.3. The Morgan fingerprint density at radius 2 is 1.63 bits per heavy atom. The first kappa shape index (κ1) is 33.6. The molecule has 0 saturated carbocycles. The minimum absolute atomic E-state index is 0.0263. The lowest BCUT2D eigenvalue weighted by atomic mass is 9.99. The van der Waals surface area contributed by atoms with Crippen LogP contribution < -0.4 is 5.32 Å². The second-order valence-electron chi connectivity index (χ2n) is 11.4. The highest BCUT2D eigenvalue weighted by Gasteiger charge is 2.33. The van der Waals surface area contributed by atoms with Crippen LogP contribution in [0.4, 0.5) is 0 Å². The van der Waals surface area contributed by atoms with E-state index in [0.717, 1.165) is 39.8 Å². The van der Waals surface area contributed by atoms with E-state index in [4.69, 9.17) is 37.8 Å². The fraction of sp³-hybridized carbons (Fsp3) is 0.343. The Labute approximate surface area is 278 Å². The summed E-state index contributed by atoms with van der Waals surface area (Å²) in [5, 5.41) is 21.8. The van der Waals surface area contributed by atoms with Crippen molar-refractivity contribution in [3.63, 3.8) is 0 Å². The van der Waals surface area contributed by atoms with Crippen molar-refractivity contribution in [2.75, 3.05) is 0 Å². The Kier molecular flexibility index (Phi) is 11.8. The molecule has 2 heterocycles. The van der Waals surface area contributed by atoms with Crippen LogP contribution in [0.3, 0.4) is 0 Å². The number of carbonyl (C=O) groups is 2. The molecular weight excluding hydrogens is 629 g/mol. The number of aliphatic hydroxyl groups is 1. The first-order valence-electron chi connectivity index (χ1n) is 15.3. The third kappa shape index (κ3) is 9.18. The molecule has 4 aromatic rings. The van der Waals surface area contributed by atoms with Gasteiger partial charge in [-0.1, -0.05) is 96.4 Å². The summed E-state index contributed by atoms with van der Waals surface area (Å²) >= 11 is 12.4. The van der Waals surface area contributed by atoms with Crippen LogP contribution in [-0.4, -0.2) is 37.7 Å². The molecule has 242 valence electrons. The van der Waals surface area contributed by atoms with Crippen LogP contribution in [0.15, 0.2) is 79.1 Å². The fourth-order valence-electron chi connectivity index (χ4n) is 5.44. The number of nitrogens with one attached hydrogen (secondary N) is 1. The number of unbranched alkanes of at least 4 members (excludes halogenated alkanes) is 2. The summed E-state index contributed by atoms with van der Waals surface area (Å²) < 4.78 is 14.7. The molecule has 3 N–H and O–H groups in total. The van der Waals surface area contributed by atoms with Gasteiger partial charge in [0.05, 0.1) is 31.7 Å². The van der Waals surface area contributed by atoms with Crippen molar-refractivity contribution in [3.05, 3.63) is 112 Å². The van der Waals surface area contributed by atoms with Gasteiger partial charge in [0.25, 0.3) is 0 Å². The number of amides is 1. The summed E-state index contributed by atoms with van der Waals surface area (Å²) in [6.07, 6.45) is 3.57. The number of imidazole rings is 1. The second kappa shape index (κ2) is 16.2. The molecule has 46 heavy (non-hydrogen) atoms. The molecule has 0 bridgehead atoms. The Hall–Kier alpha value is -3.73. The van der Waals surface area contributed by atoms with Gasteiger partial charge in [-0.25, -0.2) is 4.98 Å². The minimum atomic E-state index is -0.808. The number of halogens is 2. The molecule has 0 spiro atoms. The maximum Gasteiger partial charge on any atom is 0.303 e. The van der Waals surface area contributed by atoms with Gasteiger partial charge in [-0.05, 0) is 46.7 Å². The number of hydrogen-bond donors (Lipinski definition) is 3. The predicted molar refractivity (Wildman–Crippen MR) is 175 cm³/mol. The monoisotopic (exact) mass is 665 g/mol. The van der Waals surface area contributed by atoms with Crippen molar-refractivity contribution < 1.29 is 29.3 Å². The number of rotatable bonds is 14. The van der Waals surface area contributed by atoms with E-state index in [9.17, 15) is 14.7 Å². The standard InChI is InChI=1S/C35H37Cl2N3O6/c36-33-34(37)40(22-39-33)20-29-18-30(26-11-9-23(21-41)10-12-26)46-35(45-29)27-15-13-25(14-16-27)28-6-4-5-24(17-28)19-38-31(42)7-2-1-3-8-32(43)44/h4-6,9-17,22,29-30,35,41H,1-3,7-8,18-21H2,(H,38,42)(H,43,44)/t29-,30+,35+/m0/s1. The Balaban J connectivity index is 1.24. The van der Waals surface area contributed by atoms with Crippen LogP contribution in [0.2, 0.25) is 10.3 Å². The lowest BCUT2D eigenvalue weighted by molar-refractivity contribution is -0.252. The maximum absolute atomic E-state index is 12.3. The van der Waals surface area contributed by atoms with Gasteiger partial charge in [0.2, 0.25) is 5.91 Å². The van der Waals surface area contributed by atoms with Gasteiger partial charge >= 0.3 is 5.97 Å². The van der Waals surface area contributed by atoms with Gasteiger partial charge in [0, 0.05) is 31.4 Å². The molecule has 1 aromatic heterocycles. The van der Waals surface area contributed by atoms with Crippen LogP contribution in [0.25, 0.3) is 11.1 Å². The van der Waals surface area contributed by atoms with E-state index in [0.29, 0.717) is 43.9 Å². The van der Waals surface area contributed by atoms with E-state index in [1.54, 1.807) is 10.9 Å². The lowest BCUT2D eigenvalue weighted by Crippen LogP contribution is -2.32. The molecule has 1 saturated heterocycles. The Morgan fingerprint density at radius 1 is 0.891 bits per heavy atom. The number of nitrogens with zero attached hydrogens (tertiary/aromatic N) is 2. The molecule has 1 fully saturated rings. The number of carboxylic acid groups (broad SMARTS) is 1. The largest absolute Gasteiger partial charge is 0.481 e. The van der Waals surface area contributed by atoms with Gasteiger partial charge in [-0.3, -0.25) is 9.59 Å². The van der Waals surface area contributed by atoms with Gasteiger partial charge in [-0.2, -0.15) is 0 Å². The van der Waals surface area contributed by atoms with E-state index in [-0.39, 0.29) is 36.3 Å².